The van der Waals surface area contributed by atoms with Gasteiger partial charge in [0.2, 0.25) is 5.91 Å². The van der Waals surface area contributed by atoms with Crippen LogP contribution in [-0.4, -0.2) is 42.5 Å². The molecule has 0 aliphatic carbocycles. The largest absolute Gasteiger partial charge is 0.384 e. The van der Waals surface area contributed by atoms with Gasteiger partial charge in [-0.3, -0.25) is 4.79 Å². The smallest absolute Gasteiger partial charge is 0.234 e. The van der Waals surface area contributed by atoms with Crippen LogP contribution in [-0.2, 0) is 9.53 Å². The molecule has 1 unspecified atom stereocenters. The first-order valence-electron chi connectivity index (χ1n) is 7.35. The van der Waals surface area contributed by atoms with Gasteiger partial charge in [0.25, 0.3) is 0 Å². The number of nitrogens with one attached hydrogen (secondary N) is 2. The second-order valence-electron chi connectivity index (χ2n) is 5.60. The number of benzene rings is 1. The van der Waals surface area contributed by atoms with Gasteiger partial charge in [0, 0.05) is 31.7 Å². The Hall–Kier alpha value is -2.18. The lowest BCUT2D eigenvalue weighted by atomic mass is 9.87. The summed E-state index contributed by atoms with van der Waals surface area (Å²) in [6.45, 7) is 1.90. The molecule has 1 aliphatic rings. The number of nitrogens with zero attached hydrogens (tertiary/aromatic N) is 2. The minimum absolute atomic E-state index is 0.00281. The molecular formula is C16H20N4O2. The topological polar surface area (TPSA) is 68.2 Å². The van der Waals surface area contributed by atoms with E-state index in [4.69, 9.17) is 4.74 Å². The summed E-state index contributed by atoms with van der Waals surface area (Å²) in [7, 11) is 1.63. The van der Waals surface area contributed by atoms with E-state index in [1.807, 2.05) is 36.5 Å². The number of hydrogen-bond donors (Lipinski definition) is 2. The minimum Gasteiger partial charge on any atom is -0.384 e. The zero-order chi connectivity index (χ0) is 15.4. The fraction of sp³-hybridized carbons (Fsp3) is 0.375. The van der Waals surface area contributed by atoms with Crippen molar-refractivity contribution >= 4 is 11.6 Å². The number of methoxy groups -OCH3 is 1. The van der Waals surface area contributed by atoms with E-state index in [1.165, 1.54) is 0 Å². The molecule has 1 aromatic carbocycles. The van der Waals surface area contributed by atoms with Gasteiger partial charge in [-0.05, 0) is 37.2 Å². The van der Waals surface area contributed by atoms with Crippen LogP contribution in [0.2, 0.25) is 0 Å². The predicted octanol–water partition coefficient (Wildman–Crippen LogP) is 1.44. The van der Waals surface area contributed by atoms with Gasteiger partial charge < -0.3 is 15.4 Å². The summed E-state index contributed by atoms with van der Waals surface area (Å²) < 4.78 is 7.02. The van der Waals surface area contributed by atoms with E-state index in [0.717, 1.165) is 24.3 Å². The van der Waals surface area contributed by atoms with Crippen LogP contribution in [0.5, 0.6) is 0 Å². The Kier molecular flexibility index (Phi) is 4.22. The van der Waals surface area contributed by atoms with Crippen LogP contribution in [0.25, 0.3) is 5.69 Å². The van der Waals surface area contributed by atoms with E-state index in [0.29, 0.717) is 13.2 Å². The quantitative estimate of drug-likeness (QED) is 0.877. The molecule has 0 spiro atoms. The first kappa shape index (κ1) is 14.7. The number of anilines is 1. The normalized spacial score (nSPS) is 21.0. The molecule has 1 aromatic heterocycles. The van der Waals surface area contributed by atoms with Crippen molar-refractivity contribution < 1.29 is 9.53 Å². The molecule has 0 radical (unpaired) electrons. The highest BCUT2D eigenvalue weighted by atomic mass is 16.5. The van der Waals surface area contributed by atoms with Gasteiger partial charge >= 0.3 is 0 Å². The van der Waals surface area contributed by atoms with E-state index < -0.39 is 5.41 Å². The highest BCUT2D eigenvalue weighted by Gasteiger charge is 2.41. The Labute approximate surface area is 129 Å². The molecule has 0 saturated carbocycles. The summed E-state index contributed by atoms with van der Waals surface area (Å²) >= 11 is 0. The van der Waals surface area contributed by atoms with Crippen molar-refractivity contribution in [2.75, 3.05) is 32.1 Å². The fourth-order valence-corrected chi connectivity index (χ4v) is 2.81. The second kappa shape index (κ2) is 6.29. The summed E-state index contributed by atoms with van der Waals surface area (Å²) in [6, 6.07) is 9.51. The van der Waals surface area contributed by atoms with Crippen LogP contribution in [0.1, 0.15) is 6.42 Å². The Bertz CT molecular complexity index is 633. The average molecular weight is 300 g/mol. The Morgan fingerprint density at radius 1 is 1.50 bits per heavy atom. The molecule has 3 rings (SSSR count). The van der Waals surface area contributed by atoms with Crippen molar-refractivity contribution in [1.29, 1.82) is 0 Å². The Balaban J connectivity index is 1.78. The summed E-state index contributed by atoms with van der Waals surface area (Å²) in [5, 5.41) is 10.5. The van der Waals surface area contributed by atoms with Crippen LogP contribution >= 0.6 is 0 Å². The van der Waals surface area contributed by atoms with Crippen LogP contribution in [0.15, 0.2) is 42.7 Å². The molecule has 2 N–H and O–H groups in total. The van der Waals surface area contributed by atoms with Gasteiger partial charge in [-0.1, -0.05) is 6.07 Å². The molecular weight excluding hydrogens is 280 g/mol. The van der Waals surface area contributed by atoms with Crippen molar-refractivity contribution in [3.8, 4) is 5.69 Å². The third-order valence-electron chi connectivity index (χ3n) is 4.02. The highest BCUT2D eigenvalue weighted by Crippen LogP contribution is 2.28. The fourth-order valence-electron chi connectivity index (χ4n) is 2.81. The van der Waals surface area contributed by atoms with E-state index in [9.17, 15) is 4.79 Å². The van der Waals surface area contributed by atoms with Crippen LogP contribution in [0.3, 0.4) is 0 Å². The first-order valence-corrected chi connectivity index (χ1v) is 7.35. The molecule has 1 saturated heterocycles. The van der Waals surface area contributed by atoms with E-state index >= 15 is 0 Å². The summed E-state index contributed by atoms with van der Waals surface area (Å²) in [6.07, 6.45) is 4.38. The zero-order valence-electron chi connectivity index (χ0n) is 12.6. The molecule has 1 aliphatic heterocycles. The molecule has 22 heavy (non-hydrogen) atoms. The van der Waals surface area contributed by atoms with Gasteiger partial charge in [0.1, 0.15) is 0 Å². The predicted molar refractivity (Wildman–Crippen MR) is 84.0 cm³/mol. The lowest BCUT2D eigenvalue weighted by Crippen LogP contribution is -2.41. The average Bonchev–Trinajstić information content (AvgIpc) is 3.20. The highest BCUT2D eigenvalue weighted by molar-refractivity contribution is 5.96. The number of aromatic nitrogens is 2. The number of rotatable bonds is 5. The molecule has 2 aromatic rings. The van der Waals surface area contributed by atoms with Crippen molar-refractivity contribution in [2.45, 2.75) is 6.42 Å². The van der Waals surface area contributed by atoms with Gasteiger partial charge in [-0.15, -0.1) is 0 Å². The van der Waals surface area contributed by atoms with Gasteiger partial charge in [0.05, 0.1) is 17.7 Å². The molecule has 116 valence electrons. The van der Waals surface area contributed by atoms with Crippen LogP contribution < -0.4 is 10.6 Å². The molecule has 2 heterocycles. The number of carbonyl (C=O) groups is 1. The molecule has 1 amide bonds. The van der Waals surface area contributed by atoms with Gasteiger partial charge in [-0.2, -0.15) is 5.10 Å². The van der Waals surface area contributed by atoms with E-state index in [2.05, 4.69) is 15.7 Å². The van der Waals surface area contributed by atoms with E-state index in [1.54, 1.807) is 18.0 Å². The van der Waals surface area contributed by atoms with Crippen LogP contribution in [0.4, 0.5) is 5.69 Å². The second-order valence-corrected chi connectivity index (χ2v) is 5.60. The number of amides is 1. The van der Waals surface area contributed by atoms with Gasteiger partial charge in [0.15, 0.2) is 0 Å². The van der Waals surface area contributed by atoms with Crippen molar-refractivity contribution in [2.24, 2.45) is 5.41 Å². The monoisotopic (exact) mass is 300 g/mol. The zero-order valence-corrected chi connectivity index (χ0v) is 12.6. The number of carbonyl (C=O) groups excluding carboxylic acids is 1. The van der Waals surface area contributed by atoms with E-state index in [-0.39, 0.29) is 5.91 Å². The lowest BCUT2D eigenvalue weighted by Gasteiger charge is -2.26. The molecule has 6 heteroatoms. The summed E-state index contributed by atoms with van der Waals surface area (Å²) in [5.74, 6) is -0.00281. The maximum Gasteiger partial charge on any atom is 0.234 e. The first-order chi connectivity index (χ1) is 10.7. The SMILES string of the molecule is COCC1(C(=O)Nc2cccc(-n3cccn3)c2)CCNC1. The standard InChI is InChI=1S/C16H20N4O2/c1-22-12-16(6-8-17-11-16)15(21)19-13-4-2-5-14(10-13)20-9-3-7-18-20/h2-5,7,9-10,17H,6,8,11-12H2,1H3,(H,19,21). The molecule has 1 atom stereocenters. The number of hydrogen-bond acceptors (Lipinski definition) is 4. The Morgan fingerprint density at radius 2 is 2.41 bits per heavy atom. The van der Waals surface area contributed by atoms with Gasteiger partial charge in [-0.25, -0.2) is 4.68 Å². The lowest BCUT2D eigenvalue weighted by molar-refractivity contribution is -0.127. The van der Waals surface area contributed by atoms with Crippen molar-refractivity contribution in [3.05, 3.63) is 42.7 Å². The molecule has 1 fully saturated rings. The third kappa shape index (κ3) is 2.88. The molecule has 6 nitrogen and oxygen atoms in total. The van der Waals surface area contributed by atoms with Crippen molar-refractivity contribution in [1.82, 2.24) is 15.1 Å². The summed E-state index contributed by atoms with van der Waals surface area (Å²) in [4.78, 5) is 12.7. The minimum atomic E-state index is -0.490. The third-order valence-corrected chi connectivity index (χ3v) is 4.02. The molecule has 0 bridgehead atoms. The van der Waals surface area contributed by atoms with Crippen molar-refractivity contribution in [3.63, 3.8) is 0 Å². The maximum absolute atomic E-state index is 12.7. The van der Waals surface area contributed by atoms with Crippen LogP contribution in [0, 0.1) is 5.41 Å². The maximum atomic E-state index is 12.7. The summed E-state index contributed by atoms with van der Waals surface area (Å²) in [5.41, 5.74) is 1.18. The Morgan fingerprint density at radius 3 is 3.09 bits per heavy atom. The number of ether oxygens (including phenoxy) is 1.